The van der Waals surface area contributed by atoms with Crippen LogP contribution in [0.4, 0.5) is 4.39 Å². The summed E-state index contributed by atoms with van der Waals surface area (Å²) in [4.78, 5) is 19.9. The number of nitrogens with zero attached hydrogens (tertiary/aromatic N) is 2. The standard InChI is InChI=1S/C15H14FN3O2/c1-8-2-3-9(6-11(8)16)14-18-12-4-5-17-7-10(12)13(19-14)15(20)21/h2-3,6,17H,4-5,7H2,1H3,(H,20,21). The number of carboxylic acids is 1. The molecule has 2 aromatic rings. The maximum absolute atomic E-state index is 13.7. The molecule has 0 saturated carbocycles. The summed E-state index contributed by atoms with van der Waals surface area (Å²) in [5, 5.41) is 12.4. The summed E-state index contributed by atoms with van der Waals surface area (Å²) in [5.41, 5.74) is 2.34. The Kier molecular flexibility index (Phi) is 3.39. The SMILES string of the molecule is Cc1ccc(-c2nc3c(c(C(=O)O)n2)CNCC3)cc1F. The van der Waals surface area contributed by atoms with E-state index in [2.05, 4.69) is 15.3 Å². The summed E-state index contributed by atoms with van der Waals surface area (Å²) in [6, 6.07) is 4.67. The van der Waals surface area contributed by atoms with Crippen LogP contribution in [0.1, 0.15) is 27.3 Å². The lowest BCUT2D eigenvalue weighted by molar-refractivity contribution is 0.0688. The number of nitrogens with one attached hydrogen (secondary N) is 1. The van der Waals surface area contributed by atoms with Crippen molar-refractivity contribution in [2.45, 2.75) is 19.9 Å². The fourth-order valence-electron chi connectivity index (χ4n) is 2.38. The molecule has 2 N–H and O–H groups in total. The lowest BCUT2D eigenvalue weighted by Gasteiger charge is -2.18. The van der Waals surface area contributed by atoms with Gasteiger partial charge in [-0.15, -0.1) is 0 Å². The number of aromatic carboxylic acids is 1. The molecule has 0 fully saturated rings. The highest BCUT2D eigenvalue weighted by molar-refractivity contribution is 5.88. The Morgan fingerprint density at radius 1 is 1.38 bits per heavy atom. The minimum Gasteiger partial charge on any atom is -0.476 e. The maximum atomic E-state index is 13.7. The highest BCUT2D eigenvalue weighted by atomic mass is 19.1. The first-order valence-electron chi connectivity index (χ1n) is 6.66. The van der Waals surface area contributed by atoms with Crippen LogP contribution >= 0.6 is 0 Å². The van der Waals surface area contributed by atoms with Crippen LogP contribution in [0.2, 0.25) is 0 Å². The topological polar surface area (TPSA) is 75.1 Å². The van der Waals surface area contributed by atoms with Gasteiger partial charge in [0.25, 0.3) is 0 Å². The monoisotopic (exact) mass is 287 g/mol. The highest BCUT2D eigenvalue weighted by Crippen LogP contribution is 2.23. The summed E-state index contributed by atoms with van der Waals surface area (Å²) < 4.78 is 13.7. The van der Waals surface area contributed by atoms with E-state index in [1.54, 1.807) is 19.1 Å². The van der Waals surface area contributed by atoms with E-state index < -0.39 is 5.97 Å². The van der Waals surface area contributed by atoms with Gasteiger partial charge in [-0.05, 0) is 18.6 Å². The Bertz CT molecular complexity index is 731. The largest absolute Gasteiger partial charge is 0.476 e. The lowest BCUT2D eigenvalue weighted by atomic mass is 10.0. The molecular weight excluding hydrogens is 273 g/mol. The molecule has 1 aromatic carbocycles. The average Bonchev–Trinajstić information content (AvgIpc) is 2.48. The van der Waals surface area contributed by atoms with Crippen molar-refractivity contribution in [1.82, 2.24) is 15.3 Å². The summed E-state index contributed by atoms with van der Waals surface area (Å²) >= 11 is 0. The molecule has 108 valence electrons. The van der Waals surface area contributed by atoms with Gasteiger partial charge in [0.1, 0.15) is 5.82 Å². The fourth-order valence-corrected chi connectivity index (χ4v) is 2.38. The zero-order valence-corrected chi connectivity index (χ0v) is 11.5. The molecule has 3 rings (SSSR count). The number of carbonyl (C=O) groups is 1. The number of fused-ring (bicyclic) bond motifs is 1. The summed E-state index contributed by atoms with van der Waals surface area (Å²) in [7, 11) is 0. The van der Waals surface area contributed by atoms with E-state index in [-0.39, 0.29) is 17.3 Å². The zero-order chi connectivity index (χ0) is 15.0. The van der Waals surface area contributed by atoms with Crippen molar-refractivity contribution in [1.29, 1.82) is 0 Å². The molecular formula is C15H14FN3O2. The molecule has 1 aliphatic heterocycles. The predicted molar refractivity (Wildman–Crippen MR) is 74.5 cm³/mol. The van der Waals surface area contributed by atoms with Crippen molar-refractivity contribution in [3.8, 4) is 11.4 Å². The lowest BCUT2D eigenvalue weighted by Crippen LogP contribution is -2.28. The number of benzene rings is 1. The first kappa shape index (κ1) is 13.6. The Morgan fingerprint density at radius 3 is 2.90 bits per heavy atom. The molecule has 0 radical (unpaired) electrons. The van der Waals surface area contributed by atoms with Crippen molar-refractivity contribution in [3.63, 3.8) is 0 Å². The number of hydrogen-bond donors (Lipinski definition) is 2. The third-order valence-electron chi connectivity index (χ3n) is 3.57. The quantitative estimate of drug-likeness (QED) is 0.883. The van der Waals surface area contributed by atoms with Gasteiger partial charge in [-0.1, -0.05) is 12.1 Å². The molecule has 0 unspecified atom stereocenters. The van der Waals surface area contributed by atoms with E-state index in [1.165, 1.54) is 6.07 Å². The molecule has 21 heavy (non-hydrogen) atoms. The maximum Gasteiger partial charge on any atom is 0.354 e. The molecule has 0 amide bonds. The van der Waals surface area contributed by atoms with Crippen LogP contribution in [0.3, 0.4) is 0 Å². The van der Waals surface area contributed by atoms with Crippen LogP contribution in [0.5, 0.6) is 0 Å². The van der Waals surface area contributed by atoms with Gasteiger partial charge in [-0.2, -0.15) is 0 Å². The number of aromatic nitrogens is 2. The molecule has 1 aromatic heterocycles. The molecule has 5 nitrogen and oxygen atoms in total. The zero-order valence-electron chi connectivity index (χ0n) is 11.5. The minimum atomic E-state index is -1.09. The van der Waals surface area contributed by atoms with Crippen LogP contribution in [0.25, 0.3) is 11.4 Å². The van der Waals surface area contributed by atoms with Gasteiger partial charge < -0.3 is 10.4 Å². The number of carboxylic acid groups (broad SMARTS) is 1. The van der Waals surface area contributed by atoms with Gasteiger partial charge in [0.2, 0.25) is 0 Å². The smallest absolute Gasteiger partial charge is 0.354 e. The van der Waals surface area contributed by atoms with Crippen LogP contribution in [-0.4, -0.2) is 27.6 Å². The van der Waals surface area contributed by atoms with E-state index in [9.17, 15) is 14.3 Å². The second kappa shape index (κ2) is 5.21. The van der Waals surface area contributed by atoms with Gasteiger partial charge in [0.05, 0.1) is 5.69 Å². The Hall–Kier alpha value is -2.34. The fraction of sp³-hybridized carbons (Fsp3) is 0.267. The number of halogens is 1. The predicted octanol–water partition coefficient (Wildman–Crippen LogP) is 1.94. The van der Waals surface area contributed by atoms with E-state index in [4.69, 9.17) is 0 Å². The van der Waals surface area contributed by atoms with Gasteiger partial charge in [0, 0.05) is 30.6 Å². The molecule has 6 heteroatoms. The van der Waals surface area contributed by atoms with Crippen molar-refractivity contribution >= 4 is 5.97 Å². The molecule has 2 heterocycles. The molecule has 0 spiro atoms. The van der Waals surface area contributed by atoms with Gasteiger partial charge >= 0.3 is 5.97 Å². The second-order valence-electron chi connectivity index (χ2n) is 5.02. The van der Waals surface area contributed by atoms with E-state index >= 15 is 0 Å². The van der Waals surface area contributed by atoms with Gasteiger partial charge in [-0.25, -0.2) is 19.2 Å². The molecule has 1 aliphatic rings. The Morgan fingerprint density at radius 2 is 2.19 bits per heavy atom. The van der Waals surface area contributed by atoms with Gasteiger partial charge in [0.15, 0.2) is 11.5 Å². The summed E-state index contributed by atoms with van der Waals surface area (Å²) in [6.07, 6.45) is 0.638. The van der Waals surface area contributed by atoms with E-state index in [0.29, 0.717) is 29.7 Å². The van der Waals surface area contributed by atoms with Crippen LogP contribution < -0.4 is 5.32 Å². The summed E-state index contributed by atoms with van der Waals surface area (Å²) in [6.45, 7) is 2.85. The molecule has 0 saturated heterocycles. The van der Waals surface area contributed by atoms with Crippen LogP contribution in [0.15, 0.2) is 18.2 Å². The third kappa shape index (κ3) is 2.50. The van der Waals surface area contributed by atoms with E-state index in [1.807, 2.05) is 0 Å². The third-order valence-corrected chi connectivity index (χ3v) is 3.57. The number of rotatable bonds is 2. The second-order valence-corrected chi connectivity index (χ2v) is 5.02. The first-order chi connectivity index (χ1) is 10.1. The van der Waals surface area contributed by atoms with Crippen molar-refractivity contribution < 1.29 is 14.3 Å². The van der Waals surface area contributed by atoms with Crippen LogP contribution in [-0.2, 0) is 13.0 Å². The van der Waals surface area contributed by atoms with Crippen LogP contribution in [0, 0.1) is 12.7 Å². The van der Waals surface area contributed by atoms with Crippen molar-refractivity contribution in [2.24, 2.45) is 0 Å². The molecule has 0 atom stereocenters. The highest BCUT2D eigenvalue weighted by Gasteiger charge is 2.22. The average molecular weight is 287 g/mol. The number of hydrogen-bond acceptors (Lipinski definition) is 4. The van der Waals surface area contributed by atoms with Gasteiger partial charge in [-0.3, -0.25) is 0 Å². The van der Waals surface area contributed by atoms with E-state index in [0.717, 1.165) is 12.2 Å². The van der Waals surface area contributed by atoms with Crippen molar-refractivity contribution in [2.75, 3.05) is 6.54 Å². The van der Waals surface area contributed by atoms with Crippen molar-refractivity contribution in [3.05, 3.63) is 46.5 Å². The first-order valence-corrected chi connectivity index (χ1v) is 6.66. The summed E-state index contributed by atoms with van der Waals surface area (Å²) in [5.74, 6) is -1.19. The molecule has 0 aliphatic carbocycles. The molecule has 0 bridgehead atoms. The number of aryl methyl sites for hydroxylation is 1. The Labute approximate surface area is 120 Å². The normalized spacial score (nSPS) is 13.8. The minimum absolute atomic E-state index is 0.0109. The Balaban J connectivity index is 2.16.